The Kier molecular flexibility index (Phi) is 6.71. The van der Waals surface area contributed by atoms with Crippen LogP contribution in [0.5, 0.6) is 5.75 Å². The number of halogens is 3. The van der Waals surface area contributed by atoms with Gasteiger partial charge in [0.1, 0.15) is 5.75 Å². The van der Waals surface area contributed by atoms with Crippen molar-refractivity contribution in [3.8, 4) is 5.75 Å². The predicted octanol–water partition coefficient (Wildman–Crippen LogP) is 2.05. The van der Waals surface area contributed by atoms with E-state index < -0.39 is 16.4 Å². The van der Waals surface area contributed by atoms with Crippen molar-refractivity contribution < 1.29 is 31.1 Å². The Balaban J connectivity index is 1.85. The molecule has 0 aromatic heterocycles. The van der Waals surface area contributed by atoms with Crippen LogP contribution in [0.2, 0.25) is 0 Å². The van der Waals surface area contributed by atoms with Crippen molar-refractivity contribution in [2.45, 2.75) is 25.2 Å². The average molecular weight is 407 g/mol. The first-order valence-corrected chi connectivity index (χ1v) is 9.65. The zero-order valence-corrected chi connectivity index (χ0v) is 15.1. The summed E-state index contributed by atoms with van der Waals surface area (Å²) in [5, 5.41) is 3.64. The molecule has 1 aliphatic rings. The van der Waals surface area contributed by atoms with Gasteiger partial charge in [0, 0.05) is 30.2 Å². The summed E-state index contributed by atoms with van der Waals surface area (Å²) < 4.78 is 65.7. The largest absolute Gasteiger partial charge is 0.573 e. The maximum absolute atomic E-state index is 12.3. The normalized spacial score (nSPS) is 18.0. The zero-order valence-electron chi connectivity index (χ0n) is 14.3. The Hall–Kier alpha value is -2.27. The third kappa shape index (κ3) is 7.10. The second-order valence-corrected chi connectivity index (χ2v) is 7.59. The Bertz CT molecular complexity index is 766. The minimum atomic E-state index is -4.76. The highest BCUT2D eigenvalue weighted by atomic mass is 32.2. The molecule has 0 spiro atoms. The fourth-order valence-electron chi connectivity index (χ4n) is 2.64. The third-order valence-corrected chi connectivity index (χ3v) is 4.96. The number of nitrogens with one attached hydrogen (secondary N) is 2. The van der Waals surface area contributed by atoms with Crippen LogP contribution >= 0.6 is 0 Å². The molecule has 0 radical (unpaired) electrons. The van der Waals surface area contributed by atoms with Crippen LogP contribution in [-0.4, -0.2) is 51.3 Å². The van der Waals surface area contributed by atoms with Gasteiger partial charge < -0.3 is 15.0 Å². The fourth-order valence-corrected chi connectivity index (χ4v) is 3.40. The molecule has 2 rings (SSSR count). The van der Waals surface area contributed by atoms with Crippen molar-refractivity contribution in [3.63, 3.8) is 0 Å². The Morgan fingerprint density at radius 2 is 2.00 bits per heavy atom. The van der Waals surface area contributed by atoms with Gasteiger partial charge in [0.15, 0.2) is 0 Å². The first kappa shape index (κ1) is 21.0. The van der Waals surface area contributed by atoms with E-state index >= 15 is 0 Å². The number of benzene rings is 1. The van der Waals surface area contributed by atoms with Crippen LogP contribution in [0.3, 0.4) is 0 Å². The maximum Gasteiger partial charge on any atom is 0.573 e. The summed E-state index contributed by atoms with van der Waals surface area (Å²) in [6.45, 7) is 3.91. The Morgan fingerprint density at radius 1 is 1.33 bits per heavy atom. The summed E-state index contributed by atoms with van der Waals surface area (Å²) in [5.41, 5.74) is 0.457. The molecule has 2 N–H and O–H groups in total. The maximum atomic E-state index is 12.3. The molecular formula is C16H20F3N3O4S. The smallest absolute Gasteiger partial charge is 0.406 e. The van der Waals surface area contributed by atoms with Gasteiger partial charge in [-0.3, -0.25) is 4.79 Å². The molecule has 0 unspecified atom stereocenters. The van der Waals surface area contributed by atoms with E-state index in [-0.39, 0.29) is 30.8 Å². The summed E-state index contributed by atoms with van der Waals surface area (Å²) in [6, 6.07) is 4.63. The molecular weight excluding hydrogens is 387 g/mol. The number of ether oxygens (including phenoxy) is 1. The van der Waals surface area contributed by atoms with Crippen LogP contribution in [0, 0.1) is 0 Å². The number of sulfonamides is 1. The van der Waals surface area contributed by atoms with E-state index in [4.69, 9.17) is 0 Å². The van der Waals surface area contributed by atoms with Gasteiger partial charge in [0.05, 0.1) is 6.54 Å². The van der Waals surface area contributed by atoms with Crippen molar-refractivity contribution in [2.24, 2.45) is 0 Å². The molecule has 1 atom stereocenters. The molecule has 11 heteroatoms. The fraction of sp³-hybridized carbons (Fsp3) is 0.438. The molecule has 1 aromatic carbocycles. The summed E-state index contributed by atoms with van der Waals surface area (Å²) >= 11 is 0. The van der Waals surface area contributed by atoms with E-state index in [0.29, 0.717) is 25.1 Å². The van der Waals surface area contributed by atoms with Gasteiger partial charge in [-0.25, -0.2) is 13.1 Å². The van der Waals surface area contributed by atoms with Crippen LogP contribution in [0.1, 0.15) is 12.8 Å². The second kappa shape index (κ2) is 8.61. The van der Waals surface area contributed by atoms with E-state index in [2.05, 4.69) is 21.4 Å². The molecule has 1 heterocycles. The van der Waals surface area contributed by atoms with Crippen molar-refractivity contribution in [2.75, 3.05) is 25.0 Å². The van der Waals surface area contributed by atoms with Gasteiger partial charge in [-0.1, -0.05) is 6.58 Å². The molecule has 0 aliphatic carbocycles. The first-order chi connectivity index (χ1) is 12.6. The molecule has 0 bridgehead atoms. The van der Waals surface area contributed by atoms with E-state index in [9.17, 15) is 26.4 Å². The number of alkyl halides is 3. The number of amides is 1. The summed E-state index contributed by atoms with van der Waals surface area (Å²) in [5.74, 6) is -0.596. The summed E-state index contributed by atoms with van der Waals surface area (Å²) in [6.07, 6.45) is -3.49. The van der Waals surface area contributed by atoms with Crippen LogP contribution in [-0.2, 0) is 14.8 Å². The molecule has 1 aromatic rings. The number of nitrogens with zero attached hydrogens (tertiary/aromatic N) is 1. The number of hydrogen-bond donors (Lipinski definition) is 2. The third-order valence-electron chi connectivity index (χ3n) is 3.86. The zero-order chi connectivity index (χ0) is 20.1. The second-order valence-electron chi connectivity index (χ2n) is 5.93. The van der Waals surface area contributed by atoms with E-state index in [0.717, 1.165) is 17.5 Å². The summed E-state index contributed by atoms with van der Waals surface area (Å²) in [7, 11) is -3.57. The highest BCUT2D eigenvalue weighted by Gasteiger charge is 2.31. The lowest BCUT2D eigenvalue weighted by atomic mass is 10.1. The quantitative estimate of drug-likeness (QED) is 0.722. The number of anilines is 1. The van der Waals surface area contributed by atoms with Gasteiger partial charge >= 0.3 is 6.36 Å². The van der Waals surface area contributed by atoms with E-state index in [1.54, 1.807) is 0 Å². The van der Waals surface area contributed by atoms with E-state index in [1.165, 1.54) is 17.0 Å². The molecule has 1 saturated heterocycles. The molecule has 1 amide bonds. The van der Waals surface area contributed by atoms with E-state index in [1.807, 2.05) is 0 Å². The van der Waals surface area contributed by atoms with Crippen LogP contribution in [0.15, 0.2) is 36.3 Å². The summed E-state index contributed by atoms with van der Waals surface area (Å²) in [4.78, 5) is 13.8. The minimum Gasteiger partial charge on any atom is -0.406 e. The molecule has 1 aliphatic heterocycles. The number of piperidine rings is 1. The Morgan fingerprint density at radius 3 is 2.59 bits per heavy atom. The van der Waals surface area contributed by atoms with Gasteiger partial charge in [0.25, 0.3) is 0 Å². The van der Waals surface area contributed by atoms with Gasteiger partial charge in [-0.2, -0.15) is 0 Å². The van der Waals surface area contributed by atoms with Crippen LogP contribution < -0.4 is 14.8 Å². The average Bonchev–Trinajstić information content (AvgIpc) is 2.59. The number of likely N-dealkylation sites (tertiary alicyclic amines) is 1. The SMILES string of the molecule is C=CS(=O)(=O)N[C@@H]1CCCN(C(=O)CNc2ccc(OC(F)(F)F)cc2)C1. The molecule has 1 fully saturated rings. The molecule has 150 valence electrons. The predicted molar refractivity (Wildman–Crippen MR) is 93.5 cm³/mol. The molecule has 0 saturated carbocycles. The monoisotopic (exact) mass is 407 g/mol. The number of carbonyl (C=O) groups excluding carboxylic acids is 1. The Labute approximate surface area is 155 Å². The molecule has 27 heavy (non-hydrogen) atoms. The number of carbonyl (C=O) groups is 1. The topological polar surface area (TPSA) is 87.7 Å². The number of rotatable bonds is 7. The number of hydrogen-bond acceptors (Lipinski definition) is 5. The van der Waals surface area contributed by atoms with Crippen molar-refractivity contribution in [3.05, 3.63) is 36.3 Å². The lowest BCUT2D eigenvalue weighted by molar-refractivity contribution is -0.274. The lowest BCUT2D eigenvalue weighted by Gasteiger charge is -2.33. The lowest BCUT2D eigenvalue weighted by Crippen LogP contribution is -2.50. The highest BCUT2D eigenvalue weighted by molar-refractivity contribution is 7.92. The minimum absolute atomic E-state index is 0.0690. The van der Waals surface area contributed by atoms with Gasteiger partial charge in [-0.05, 0) is 37.1 Å². The van der Waals surface area contributed by atoms with Crippen molar-refractivity contribution >= 4 is 21.6 Å². The van der Waals surface area contributed by atoms with Crippen molar-refractivity contribution in [1.82, 2.24) is 9.62 Å². The molecule has 7 nitrogen and oxygen atoms in total. The first-order valence-electron chi connectivity index (χ1n) is 8.10. The highest BCUT2D eigenvalue weighted by Crippen LogP contribution is 2.24. The van der Waals surface area contributed by atoms with Crippen molar-refractivity contribution in [1.29, 1.82) is 0 Å². The van der Waals surface area contributed by atoms with Crippen LogP contribution in [0.25, 0.3) is 0 Å². The van der Waals surface area contributed by atoms with Gasteiger partial charge in [0.2, 0.25) is 15.9 Å². The van der Waals surface area contributed by atoms with Gasteiger partial charge in [-0.15, -0.1) is 13.2 Å². The van der Waals surface area contributed by atoms with Crippen LogP contribution in [0.4, 0.5) is 18.9 Å². The standard InChI is InChI=1S/C16H20F3N3O4S/c1-2-27(24,25)21-13-4-3-9-22(11-13)15(23)10-20-12-5-7-14(8-6-12)26-16(17,18)19/h2,5-8,13,20-21H,1,3-4,9-11H2/t13-/m1/s1.